The van der Waals surface area contributed by atoms with Crippen molar-refractivity contribution in [2.24, 2.45) is 17.6 Å². The Morgan fingerprint density at radius 1 is 1.45 bits per heavy atom. The summed E-state index contributed by atoms with van der Waals surface area (Å²) in [6.45, 7) is 0.639. The van der Waals surface area contributed by atoms with Gasteiger partial charge in [0.1, 0.15) is 0 Å². The number of rotatable bonds is 2. The maximum atomic E-state index is 10.1. The van der Waals surface area contributed by atoms with E-state index < -0.39 is 0 Å². The molecule has 2 aliphatic carbocycles. The third-order valence-electron chi connectivity index (χ3n) is 3.52. The zero-order chi connectivity index (χ0) is 7.90. The summed E-state index contributed by atoms with van der Waals surface area (Å²) in [5.74, 6) is 1.40. The van der Waals surface area contributed by atoms with Crippen LogP contribution in [0.25, 0.3) is 0 Å². The van der Waals surface area contributed by atoms with E-state index in [0.717, 1.165) is 18.8 Å². The number of fused-ring (bicyclic) bond motifs is 2. The van der Waals surface area contributed by atoms with Gasteiger partial charge in [0.25, 0.3) is 0 Å². The largest absolute Gasteiger partial charge is 0.390 e. The summed E-state index contributed by atoms with van der Waals surface area (Å²) in [7, 11) is 0. The summed E-state index contributed by atoms with van der Waals surface area (Å²) in [4.78, 5) is 0. The Morgan fingerprint density at radius 3 is 2.73 bits per heavy atom. The molecule has 2 bridgehead atoms. The van der Waals surface area contributed by atoms with Gasteiger partial charge in [0, 0.05) is 0 Å². The van der Waals surface area contributed by atoms with Gasteiger partial charge in [0.2, 0.25) is 0 Å². The second-order valence-electron chi connectivity index (χ2n) is 4.22. The molecular formula is C9H17NO. The molecule has 0 aliphatic heterocycles. The minimum Gasteiger partial charge on any atom is -0.390 e. The molecule has 0 heterocycles. The van der Waals surface area contributed by atoms with E-state index >= 15 is 0 Å². The topological polar surface area (TPSA) is 46.2 Å². The molecule has 3 N–H and O–H groups in total. The van der Waals surface area contributed by atoms with Crippen molar-refractivity contribution < 1.29 is 5.11 Å². The van der Waals surface area contributed by atoms with Crippen LogP contribution in [-0.4, -0.2) is 17.3 Å². The Balaban J connectivity index is 2.04. The first-order valence-electron chi connectivity index (χ1n) is 4.67. The lowest BCUT2D eigenvalue weighted by molar-refractivity contribution is -0.0182. The van der Waals surface area contributed by atoms with Gasteiger partial charge in [0.05, 0.1) is 5.60 Å². The SMILES string of the molecule is NCC[C@]1(O)C[C@H]2CC[C@H]1C2. The average molecular weight is 155 g/mol. The summed E-state index contributed by atoms with van der Waals surface area (Å²) in [6.07, 6.45) is 5.68. The Hall–Kier alpha value is -0.0800. The molecule has 0 aromatic rings. The number of nitrogens with two attached hydrogens (primary N) is 1. The van der Waals surface area contributed by atoms with E-state index in [4.69, 9.17) is 5.73 Å². The molecule has 0 unspecified atom stereocenters. The van der Waals surface area contributed by atoms with Crippen LogP contribution in [0, 0.1) is 11.8 Å². The van der Waals surface area contributed by atoms with E-state index in [2.05, 4.69) is 0 Å². The van der Waals surface area contributed by atoms with Crippen LogP contribution in [0.1, 0.15) is 32.1 Å². The molecule has 64 valence electrons. The van der Waals surface area contributed by atoms with Gasteiger partial charge in [-0.3, -0.25) is 0 Å². The first-order valence-corrected chi connectivity index (χ1v) is 4.67. The molecule has 2 aliphatic rings. The second-order valence-corrected chi connectivity index (χ2v) is 4.22. The molecule has 0 amide bonds. The maximum Gasteiger partial charge on any atom is 0.0690 e. The fourth-order valence-electron chi connectivity index (χ4n) is 2.97. The van der Waals surface area contributed by atoms with E-state index in [1.165, 1.54) is 19.3 Å². The van der Waals surface area contributed by atoms with E-state index in [9.17, 15) is 5.11 Å². The zero-order valence-corrected chi connectivity index (χ0v) is 6.92. The molecular weight excluding hydrogens is 138 g/mol. The van der Waals surface area contributed by atoms with Crippen molar-refractivity contribution in [1.29, 1.82) is 0 Å². The van der Waals surface area contributed by atoms with E-state index in [0.29, 0.717) is 12.5 Å². The van der Waals surface area contributed by atoms with Crippen molar-refractivity contribution in [2.45, 2.75) is 37.7 Å². The Kier molecular flexibility index (Phi) is 1.69. The van der Waals surface area contributed by atoms with E-state index in [-0.39, 0.29) is 5.60 Å². The second kappa shape index (κ2) is 2.46. The third-order valence-corrected chi connectivity index (χ3v) is 3.52. The Bertz CT molecular complexity index is 160. The highest BCUT2D eigenvalue weighted by molar-refractivity contribution is 5.00. The lowest BCUT2D eigenvalue weighted by Gasteiger charge is -2.31. The predicted molar refractivity (Wildman–Crippen MR) is 44.1 cm³/mol. The molecule has 2 heteroatoms. The molecule has 2 fully saturated rings. The first kappa shape index (κ1) is 7.56. The lowest BCUT2D eigenvalue weighted by atomic mass is 9.82. The smallest absolute Gasteiger partial charge is 0.0690 e. The molecule has 0 saturated heterocycles. The monoisotopic (exact) mass is 155 g/mol. The van der Waals surface area contributed by atoms with Crippen molar-refractivity contribution in [1.82, 2.24) is 0 Å². The van der Waals surface area contributed by atoms with Crippen LogP contribution in [0.3, 0.4) is 0 Å². The van der Waals surface area contributed by atoms with Gasteiger partial charge in [-0.25, -0.2) is 0 Å². The molecule has 11 heavy (non-hydrogen) atoms. The van der Waals surface area contributed by atoms with Crippen molar-refractivity contribution in [3.63, 3.8) is 0 Å². The van der Waals surface area contributed by atoms with Crippen LogP contribution in [0.4, 0.5) is 0 Å². The Labute approximate surface area is 67.8 Å². The van der Waals surface area contributed by atoms with Crippen LogP contribution < -0.4 is 5.73 Å². The first-order chi connectivity index (χ1) is 5.24. The highest BCUT2D eigenvalue weighted by Gasteiger charge is 2.48. The van der Waals surface area contributed by atoms with Crippen LogP contribution in [0.5, 0.6) is 0 Å². The minimum absolute atomic E-state index is 0.363. The predicted octanol–water partition coefficient (Wildman–Crippen LogP) is 0.886. The normalized spacial score (nSPS) is 48.5. The summed E-state index contributed by atoms with van der Waals surface area (Å²) < 4.78 is 0. The van der Waals surface area contributed by atoms with Crippen molar-refractivity contribution in [3.05, 3.63) is 0 Å². The highest BCUT2D eigenvalue weighted by atomic mass is 16.3. The number of hydrogen-bond acceptors (Lipinski definition) is 2. The molecule has 0 spiro atoms. The third kappa shape index (κ3) is 1.09. The molecule has 2 nitrogen and oxygen atoms in total. The van der Waals surface area contributed by atoms with Gasteiger partial charge in [-0.15, -0.1) is 0 Å². The quantitative estimate of drug-likeness (QED) is 0.622. The van der Waals surface area contributed by atoms with Gasteiger partial charge < -0.3 is 10.8 Å². The summed E-state index contributed by atoms with van der Waals surface area (Å²) in [6, 6.07) is 0. The standard InChI is InChI=1S/C9H17NO/c10-4-3-9(11)6-7-1-2-8(9)5-7/h7-8,11H,1-6,10H2/t7-,8-,9-/m0/s1. The molecule has 3 atom stereocenters. The molecule has 2 rings (SSSR count). The van der Waals surface area contributed by atoms with Gasteiger partial charge in [-0.2, -0.15) is 0 Å². The van der Waals surface area contributed by atoms with Crippen LogP contribution in [-0.2, 0) is 0 Å². The average Bonchev–Trinajstić information content (AvgIpc) is 2.45. The lowest BCUT2D eigenvalue weighted by Crippen LogP contribution is -2.37. The number of aliphatic hydroxyl groups is 1. The maximum absolute atomic E-state index is 10.1. The molecule has 0 radical (unpaired) electrons. The van der Waals surface area contributed by atoms with Gasteiger partial charge in [0.15, 0.2) is 0 Å². The Morgan fingerprint density at radius 2 is 2.27 bits per heavy atom. The fourth-order valence-corrected chi connectivity index (χ4v) is 2.97. The highest BCUT2D eigenvalue weighted by Crippen LogP contribution is 2.51. The van der Waals surface area contributed by atoms with Crippen molar-refractivity contribution in [2.75, 3.05) is 6.54 Å². The molecule has 2 saturated carbocycles. The van der Waals surface area contributed by atoms with Gasteiger partial charge in [-0.05, 0) is 50.5 Å². The van der Waals surface area contributed by atoms with Gasteiger partial charge in [-0.1, -0.05) is 0 Å². The van der Waals surface area contributed by atoms with Crippen LogP contribution in [0.15, 0.2) is 0 Å². The minimum atomic E-state index is -0.363. The summed E-state index contributed by atoms with van der Waals surface area (Å²) in [5.41, 5.74) is 5.10. The van der Waals surface area contributed by atoms with E-state index in [1.54, 1.807) is 0 Å². The van der Waals surface area contributed by atoms with Crippen molar-refractivity contribution >= 4 is 0 Å². The molecule has 0 aromatic carbocycles. The number of hydrogen-bond donors (Lipinski definition) is 2. The summed E-state index contributed by atoms with van der Waals surface area (Å²) in [5, 5.41) is 10.1. The fraction of sp³-hybridized carbons (Fsp3) is 1.00. The molecule has 0 aromatic heterocycles. The van der Waals surface area contributed by atoms with Crippen LogP contribution in [0.2, 0.25) is 0 Å². The zero-order valence-electron chi connectivity index (χ0n) is 6.92. The van der Waals surface area contributed by atoms with Gasteiger partial charge >= 0.3 is 0 Å². The van der Waals surface area contributed by atoms with E-state index in [1.807, 2.05) is 0 Å². The van der Waals surface area contributed by atoms with Crippen LogP contribution >= 0.6 is 0 Å². The van der Waals surface area contributed by atoms with Crippen molar-refractivity contribution in [3.8, 4) is 0 Å². The summed E-state index contributed by atoms with van der Waals surface area (Å²) >= 11 is 0.